The summed E-state index contributed by atoms with van der Waals surface area (Å²) in [4.78, 5) is 10.1. The number of benzene rings is 1. The summed E-state index contributed by atoms with van der Waals surface area (Å²) < 4.78 is 11.4. The van der Waals surface area contributed by atoms with Gasteiger partial charge in [0.15, 0.2) is 0 Å². The average Bonchev–Trinajstić information content (AvgIpc) is 3.31. The van der Waals surface area contributed by atoms with E-state index in [0.717, 1.165) is 46.0 Å². The Morgan fingerprint density at radius 2 is 1.88 bits per heavy atom. The molecule has 7 nitrogen and oxygen atoms in total. The molecule has 0 amide bonds. The van der Waals surface area contributed by atoms with Crippen LogP contribution in [0.5, 0.6) is 11.8 Å². The van der Waals surface area contributed by atoms with Gasteiger partial charge in [0.2, 0.25) is 11.8 Å². The van der Waals surface area contributed by atoms with Crippen LogP contribution in [0.1, 0.15) is 31.2 Å². The second kappa shape index (κ2) is 7.15. The largest absolute Gasteiger partial charge is 0.480 e. The molecule has 3 aromatic rings. The first-order chi connectivity index (χ1) is 16.2. The van der Waals surface area contributed by atoms with E-state index in [2.05, 4.69) is 57.4 Å². The Labute approximate surface area is 193 Å². The van der Waals surface area contributed by atoms with Crippen molar-refractivity contribution in [3.05, 3.63) is 48.2 Å². The molecule has 0 bridgehead atoms. The Hall–Kier alpha value is -3.19. The zero-order valence-corrected chi connectivity index (χ0v) is 18.9. The summed E-state index contributed by atoms with van der Waals surface area (Å²) in [7, 11) is 3.80. The van der Waals surface area contributed by atoms with Gasteiger partial charge in [0.1, 0.15) is 12.4 Å². The number of aromatic nitrogens is 3. The van der Waals surface area contributed by atoms with Crippen molar-refractivity contribution in [2.75, 3.05) is 19.1 Å². The van der Waals surface area contributed by atoms with Crippen molar-refractivity contribution in [3.63, 3.8) is 0 Å². The highest BCUT2D eigenvalue weighted by Gasteiger charge is 2.56. The Balaban J connectivity index is 1.17. The summed E-state index contributed by atoms with van der Waals surface area (Å²) in [5, 5.41) is 8.00. The number of ether oxygens (including phenoxy) is 2. The highest BCUT2D eigenvalue weighted by Crippen LogP contribution is 2.49. The molecule has 2 aromatic heterocycles. The van der Waals surface area contributed by atoms with Gasteiger partial charge < -0.3 is 14.4 Å². The minimum atomic E-state index is 0.507. The Morgan fingerprint density at radius 1 is 1.03 bits per heavy atom. The number of rotatable bonds is 4. The minimum Gasteiger partial charge on any atom is -0.480 e. The Kier molecular flexibility index (Phi) is 4.18. The summed E-state index contributed by atoms with van der Waals surface area (Å²) in [5.41, 5.74) is 5.43. The number of fused-ring (bicyclic) bond motifs is 3. The van der Waals surface area contributed by atoms with Gasteiger partial charge in [0.25, 0.3) is 0 Å². The van der Waals surface area contributed by atoms with Crippen molar-refractivity contribution in [3.8, 4) is 34.0 Å². The molecule has 0 N–H and O–H groups in total. The number of hydrogen-bond donors (Lipinski definition) is 0. The molecule has 33 heavy (non-hydrogen) atoms. The minimum absolute atomic E-state index is 0.507. The summed E-state index contributed by atoms with van der Waals surface area (Å²) in [5.74, 6) is 2.25. The molecule has 6 heterocycles. The van der Waals surface area contributed by atoms with E-state index in [0.29, 0.717) is 24.6 Å². The van der Waals surface area contributed by atoms with Gasteiger partial charge in [0.05, 0.1) is 13.3 Å². The summed E-state index contributed by atoms with van der Waals surface area (Å²) in [6.07, 6.45) is 7.13. The van der Waals surface area contributed by atoms with E-state index < -0.39 is 0 Å². The SMILES string of the molecule is COc1cc(-c2ccc3c(c2)COc2nc(N(C)[C@H]4C[C@@H]5CC[C@@H]6CC4N65)ccc2-3)cnn1. The van der Waals surface area contributed by atoms with E-state index in [1.165, 1.54) is 31.2 Å². The van der Waals surface area contributed by atoms with Crippen LogP contribution < -0.4 is 14.4 Å². The molecule has 7 heteroatoms. The fraction of sp³-hybridized carbons (Fsp3) is 0.423. The van der Waals surface area contributed by atoms with Crippen molar-refractivity contribution in [1.29, 1.82) is 0 Å². The average molecular weight is 442 g/mol. The monoisotopic (exact) mass is 441 g/mol. The standard InChI is InChI=1S/C26H27N5O2/c1-30(22-11-18-4-5-19-12-23(22)31(18)19)24-8-7-21-20-6-3-15(9-17(20)14-33-26(21)28-24)16-10-25(32-2)29-27-13-16/h3,6-10,13,18-19,22-23H,4-5,11-12,14H2,1-2H3/t18-,19+,22-,23?/m0/s1. The fourth-order valence-corrected chi connectivity index (χ4v) is 6.49. The van der Waals surface area contributed by atoms with E-state index in [-0.39, 0.29) is 0 Å². The number of anilines is 1. The molecule has 0 radical (unpaired) electrons. The zero-order valence-electron chi connectivity index (χ0n) is 18.9. The predicted molar refractivity (Wildman–Crippen MR) is 125 cm³/mol. The Bertz CT molecular complexity index is 1250. The molecule has 0 aliphatic carbocycles. The molecule has 1 aromatic carbocycles. The van der Waals surface area contributed by atoms with Crippen LogP contribution >= 0.6 is 0 Å². The molecule has 4 atom stereocenters. The van der Waals surface area contributed by atoms with Crippen LogP contribution in [0.15, 0.2) is 42.6 Å². The number of likely N-dealkylation sites (N-methyl/N-ethyl adjacent to an activating group) is 1. The van der Waals surface area contributed by atoms with Gasteiger partial charge in [-0.05, 0) is 60.6 Å². The molecular weight excluding hydrogens is 414 g/mol. The first-order valence-corrected chi connectivity index (χ1v) is 11.8. The third-order valence-corrected chi connectivity index (χ3v) is 8.17. The van der Waals surface area contributed by atoms with Gasteiger partial charge >= 0.3 is 0 Å². The van der Waals surface area contributed by atoms with Crippen molar-refractivity contribution < 1.29 is 9.47 Å². The normalized spacial score (nSPS) is 26.6. The highest BCUT2D eigenvalue weighted by atomic mass is 16.5. The maximum absolute atomic E-state index is 6.15. The predicted octanol–water partition coefficient (Wildman–Crippen LogP) is 3.92. The van der Waals surface area contributed by atoms with E-state index in [1.54, 1.807) is 13.3 Å². The molecule has 168 valence electrons. The molecule has 0 saturated carbocycles. The molecular formula is C26H27N5O2. The topological polar surface area (TPSA) is 63.6 Å². The van der Waals surface area contributed by atoms with Gasteiger partial charge in [-0.25, -0.2) is 0 Å². The van der Waals surface area contributed by atoms with Crippen LogP contribution in [0, 0.1) is 0 Å². The number of pyridine rings is 1. The second-order valence-electron chi connectivity index (χ2n) is 9.72. The number of hydrogen-bond acceptors (Lipinski definition) is 7. The van der Waals surface area contributed by atoms with Gasteiger partial charge in [-0.1, -0.05) is 12.1 Å². The summed E-state index contributed by atoms with van der Waals surface area (Å²) in [6, 6.07) is 15.5. The molecule has 3 saturated heterocycles. The molecule has 1 unspecified atom stereocenters. The van der Waals surface area contributed by atoms with Crippen molar-refractivity contribution >= 4 is 5.82 Å². The van der Waals surface area contributed by atoms with Crippen LogP contribution in [0.2, 0.25) is 0 Å². The van der Waals surface area contributed by atoms with Crippen LogP contribution in [-0.4, -0.2) is 58.4 Å². The quantitative estimate of drug-likeness (QED) is 0.608. The van der Waals surface area contributed by atoms with Crippen molar-refractivity contribution in [2.24, 2.45) is 0 Å². The van der Waals surface area contributed by atoms with E-state index >= 15 is 0 Å². The molecule has 3 fully saturated rings. The lowest BCUT2D eigenvalue weighted by Crippen LogP contribution is -2.56. The highest BCUT2D eigenvalue weighted by molar-refractivity contribution is 5.78. The fourth-order valence-electron chi connectivity index (χ4n) is 6.49. The maximum Gasteiger partial charge on any atom is 0.233 e. The van der Waals surface area contributed by atoms with Crippen LogP contribution in [-0.2, 0) is 6.61 Å². The molecule has 4 aliphatic rings. The second-order valence-corrected chi connectivity index (χ2v) is 9.72. The third-order valence-electron chi connectivity index (χ3n) is 8.17. The van der Waals surface area contributed by atoms with Crippen LogP contribution in [0.4, 0.5) is 5.82 Å². The number of nitrogens with zero attached hydrogens (tertiary/aromatic N) is 5. The van der Waals surface area contributed by atoms with Crippen LogP contribution in [0.3, 0.4) is 0 Å². The number of methoxy groups -OCH3 is 1. The summed E-state index contributed by atoms with van der Waals surface area (Å²) in [6.45, 7) is 0.509. The van der Waals surface area contributed by atoms with Gasteiger partial charge in [-0.3, -0.25) is 4.90 Å². The van der Waals surface area contributed by atoms with Gasteiger partial charge in [-0.2, -0.15) is 10.1 Å². The first-order valence-electron chi connectivity index (χ1n) is 11.8. The first kappa shape index (κ1) is 19.3. The van der Waals surface area contributed by atoms with E-state index in [1.807, 2.05) is 6.07 Å². The third kappa shape index (κ3) is 2.88. The smallest absolute Gasteiger partial charge is 0.233 e. The van der Waals surface area contributed by atoms with Crippen LogP contribution in [0.25, 0.3) is 22.3 Å². The Morgan fingerprint density at radius 3 is 2.73 bits per heavy atom. The lowest BCUT2D eigenvalue weighted by Gasteiger charge is -2.46. The molecule has 4 aliphatic heterocycles. The molecule has 7 rings (SSSR count). The lowest BCUT2D eigenvalue weighted by atomic mass is 9.88. The maximum atomic E-state index is 6.15. The summed E-state index contributed by atoms with van der Waals surface area (Å²) >= 11 is 0. The van der Waals surface area contributed by atoms with Gasteiger partial charge in [0, 0.05) is 48.4 Å². The van der Waals surface area contributed by atoms with Gasteiger partial charge in [-0.15, -0.1) is 5.10 Å². The zero-order chi connectivity index (χ0) is 22.1. The molecule has 0 spiro atoms. The lowest BCUT2D eigenvalue weighted by molar-refractivity contribution is 0.0563. The van der Waals surface area contributed by atoms with Crippen molar-refractivity contribution in [2.45, 2.75) is 56.5 Å². The van der Waals surface area contributed by atoms with Crippen molar-refractivity contribution in [1.82, 2.24) is 20.1 Å². The van der Waals surface area contributed by atoms with E-state index in [4.69, 9.17) is 14.5 Å². The van der Waals surface area contributed by atoms with E-state index in [9.17, 15) is 0 Å².